The van der Waals surface area contributed by atoms with Gasteiger partial charge in [-0.05, 0) is 50.7 Å². The average Bonchev–Trinajstić information content (AvgIpc) is 2.65. The van der Waals surface area contributed by atoms with Gasteiger partial charge in [-0.1, -0.05) is 6.07 Å². The van der Waals surface area contributed by atoms with E-state index in [-0.39, 0.29) is 19.1 Å². The number of aliphatic hydroxyl groups excluding tert-OH is 1. The van der Waals surface area contributed by atoms with Gasteiger partial charge >= 0.3 is 6.18 Å². The van der Waals surface area contributed by atoms with E-state index in [0.29, 0.717) is 23.6 Å². The van der Waals surface area contributed by atoms with Crippen LogP contribution in [0.25, 0.3) is 0 Å². The van der Waals surface area contributed by atoms with Crippen LogP contribution in [0.3, 0.4) is 0 Å². The molecule has 1 aliphatic rings. The van der Waals surface area contributed by atoms with Gasteiger partial charge in [-0.25, -0.2) is 0 Å². The SMILES string of the molecule is COc1ccc(CN(C)CC(F)(F)F)cc1OCC(O)CN1CCC(C#N)CC1. The molecule has 1 fully saturated rings. The number of likely N-dealkylation sites (tertiary alicyclic amines) is 1. The van der Waals surface area contributed by atoms with Crippen LogP contribution in [-0.2, 0) is 6.54 Å². The molecule has 1 atom stereocenters. The molecule has 1 aromatic rings. The molecule has 29 heavy (non-hydrogen) atoms. The smallest absolute Gasteiger partial charge is 0.401 e. The van der Waals surface area contributed by atoms with Gasteiger partial charge in [0.05, 0.1) is 19.7 Å². The van der Waals surface area contributed by atoms with Crippen LogP contribution >= 0.6 is 0 Å². The van der Waals surface area contributed by atoms with E-state index in [9.17, 15) is 18.3 Å². The van der Waals surface area contributed by atoms with Crippen LogP contribution in [0.4, 0.5) is 13.2 Å². The molecular weight excluding hydrogens is 387 g/mol. The Morgan fingerprint density at radius 3 is 2.59 bits per heavy atom. The molecule has 162 valence electrons. The molecule has 1 saturated heterocycles. The second-order valence-corrected chi connectivity index (χ2v) is 7.44. The average molecular weight is 415 g/mol. The number of methoxy groups -OCH3 is 1. The van der Waals surface area contributed by atoms with Crippen LogP contribution in [0.1, 0.15) is 18.4 Å². The first-order chi connectivity index (χ1) is 13.7. The second kappa shape index (κ2) is 10.7. The van der Waals surface area contributed by atoms with Crippen molar-refractivity contribution in [2.24, 2.45) is 5.92 Å². The summed E-state index contributed by atoms with van der Waals surface area (Å²) in [5.74, 6) is 0.920. The predicted octanol–water partition coefficient (Wildman–Crippen LogP) is 2.66. The van der Waals surface area contributed by atoms with Crippen molar-refractivity contribution in [3.05, 3.63) is 23.8 Å². The molecule has 0 aromatic heterocycles. The fraction of sp³-hybridized carbons (Fsp3) is 0.650. The molecule has 1 heterocycles. The number of ether oxygens (including phenoxy) is 2. The molecule has 1 N–H and O–H groups in total. The van der Waals surface area contributed by atoms with Crippen LogP contribution in [-0.4, -0.2) is 74.1 Å². The zero-order valence-corrected chi connectivity index (χ0v) is 16.8. The molecule has 0 amide bonds. The van der Waals surface area contributed by atoms with Crippen molar-refractivity contribution in [3.63, 3.8) is 0 Å². The minimum atomic E-state index is -4.26. The van der Waals surface area contributed by atoms with Gasteiger partial charge in [0.1, 0.15) is 12.7 Å². The fourth-order valence-corrected chi connectivity index (χ4v) is 3.39. The van der Waals surface area contributed by atoms with Crippen molar-refractivity contribution >= 4 is 0 Å². The van der Waals surface area contributed by atoms with Gasteiger partial charge in [0.2, 0.25) is 0 Å². The first-order valence-corrected chi connectivity index (χ1v) is 9.55. The van der Waals surface area contributed by atoms with Gasteiger partial charge in [-0.3, -0.25) is 4.90 Å². The van der Waals surface area contributed by atoms with Gasteiger partial charge in [-0.2, -0.15) is 18.4 Å². The van der Waals surface area contributed by atoms with Crippen LogP contribution in [0.5, 0.6) is 11.5 Å². The van der Waals surface area contributed by atoms with Crippen molar-refractivity contribution in [1.29, 1.82) is 5.26 Å². The first-order valence-electron chi connectivity index (χ1n) is 9.55. The number of hydrogen-bond donors (Lipinski definition) is 1. The van der Waals surface area contributed by atoms with Crippen molar-refractivity contribution in [2.45, 2.75) is 31.7 Å². The van der Waals surface area contributed by atoms with Crippen LogP contribution in [0.15, 0.2) is 18.2 Å². The molecule has 1 unspecified atom stereocenters. The largest absolute Gasteiger partial charge is 0.493 e. The fourth-order valence-electron chi connectivity index (χ4n) is 3.39. The van der Waals surface area contributed by atoms with E-state index in [4.69, 9.17) is 14.7 Å². The zero-order valence-electron chi connectivity index (χ0n) is 16.8. The summed E-state index contributed by atoms with van der Waals surface area (Å²) in [7, 11) is 2.88. The third-order valence-electron chi connectivity index (χ3n) is 4.80. The molecule has 0 radical (unpaired) electrons. The maximum absolute atomic E-state index is 12.5. The summed E-state index contributed by atoms with van der Waals surface area (Å²) in [6.45, 7) is 1.11. The van der Waals surface area contributed by atoms with Gasteiger partial charge in [0.15, 0.2) is 11.5 Å². The summed E-state index contributed by atoms with van der Waals surface area (Å²) in [6, 6.07) is 7.24. The number of halogens is 3. The Labute approximate surface area is 169 Å². The first kappa shape index (κ1) is 23.3. The Kier molecular flexibility index (Phi) is 8.56. The molecule has 0 aliphatic carbocycles. The number of aliphatic hydroxyl groups is 1. The van der Waals surface area contributed by atoms with Crippen molar-refractivity contribution in [1.82, 2.24) is 9.80 Å². The van der Waals surface area contributed by atoms with Crippen LogP contribution in [0.2, 0.25) is 0 Å². The quantitative estimate of drug-likeness (QED) is 0.669. The summed E-state index contributed by atoms with van der Waals surface area (Å²) in [5, 5.41) is 19.2. The monoisotopic (exact) mass is 415 g/mol. The highest BCUT2D eigenvalue weighted by atomic mass is 19.4. The highest BCUT2D eigenvalue weighted by molar-refractivity contribution is 5.43. The van der Waals surface area contributed by atoms with E-state index in [2.05, 4.69) is 11.0 Å². The molecule has 0 saturated carbocycles. The summed E-state index contributed by atoms with van der Waals surface area (Å²) in [6.07, 6.45) is -3.39. The Bertz CT molecular complexity index is 686. The molecule has 1 aliphatic heterocycles. The van der Waals surface area contributed by atoms with E-state index in [1.807, 2.05) is 0 Å². The minimum absolute atomic E-state index is 0.0381. The molecule has 0 spiro atoms. The van der Waals surface area contributed by atoms with Crippen LogP contribution in [0, 0.1) is 17.2 Å². The topological polar surface area (TPSA) is 69.0 Å². The Morgan fingerprint density at radius 1 is 1.31 bits per heavy atom. The van der Waals surface area contributed by atoms with Gasteiger partial charge in [0.25, 0.3) is 0 Å². The summed E-state index contributed by atoms with van der Waals surface area (Å²) >= 11 is 0. The summed E-state index contributed by atoms with van der Waals surface area (Å²) in [5.41, 5.74) is 0.653. The minimum Gasteiger partial charge on any atom is -0.493 e. The van der Waals surface area contributed by atoms with E-state index in [1.165, 1.54) is 19.1 Å². The Morgan fingerprint density at radius 2 is 2.00 bits per heavy atom. The van der Waals surface area contributed by atoms with E-state index in [1.54, 1.807) is 18.2 Å². The lowest BCUT2D eigenvalue weighted by Crippen LogP contribution is -2.40. The Balaban J connectivity index is 1.89. The van der Waals surface area contributed by atoms with Gasteiger partial charge in [-0.15, -0.1) is 0 Å². The maximum Gasteiger partial charge on any atom is 0.401 e. The summed E-state index contributed by atoms with van der Waals surface area (Å²) < 4.78 is 48.5. The highest BCUT2D eigenvalue weighted by Gasteiger charge is 2.29. The van der Waals surface area contributed by atoms with E-state index >= 15 is 0 Å². The lowest BCUT2D eigenvalue weighted by molar-refractivity contribution is -0.144. The second-order valence-electron chi connectivity index (χ2n) is 7.44. The normalized spacial score (nSPS) is 17.2. The number of hydrogen-bond acceptors (Lipinski definition) is 6. The van der Waals surface area contributed by atoms with Gasteiger partial charge in [0, 0.05) is 19.0 Å². The van der Waals surface area contributed by atoms with Gasteiger partial charge < -0.3 is 19.5 Å². The number of nitriles is 1. The Hall–Kier alpha value is -2.02. The molecule has 2 rings (SSSR count). The maximum atomic E-state index is 12.5. The lowest BCUT2D eigenvalue weighted by atomic mass is 9.98. The highest BCUT2D eigenvalue weighted by Crippen LogP contribution is 2.29. The number of β-amino-alcohol motifs (C(OH)–C–C–N with tert-alkyl or cyclic N) is 1. The number of piperidine rings is 1. The summed E-state index contributed by atoms with van der Waals surface area (Å²) in [4.78, 5) is 3.27. The predicted molar refractivity (Wildman–Crippen MR) is 102 cm³/mol. The number of rotatable bonds is 9. The molecule has 0 bridgehead atoms. The van der Waals surface area contributed by atoms with Crippen molar-refractivity contribution < 1.29 is 27.8 Å². The zero-order chi connectivity index (χ0) is 21.4. The number of alkyl halides is 3. The van der Waals surface area contributed by atoms with Crippen LogP contribution < -0.4 is 9.47 Å². The van der Waals surface area contributed by atoms with Crippen molar-refractivity contribution in [3.8, 4) is 17.6 Å². The molecule has 9 heteroatoms. The standard InChI is InChI=1S/C20H28F3N3O3/c1-25(14-20(21,22)23)11-16-3-4-18(28-2)19(9-16)29-13-17(27)12-26-7-5-15(10-24)6-8-26/h3-4,9,15,17,27H,5-8,11-14H2,1-2H3. The third kappa shape index (κ3) is 8.09. The van der Waals surface area contributed by atoms with E-state index < -0.39 is 18.8 Å². The molecule has 1 aromatic carbocycles. The lowest BCUT2D eigenvalue weighted by Gasteiger charge is -2.30. The van der Waals surface area contributed by atoms with Crippen molar-refractivity contribution in [2.75, 3.05) is 46.9 Å². The number of nitrogens with zero attached hydrogens (tertiary/aromatic N) is 3. The van der Waals surface area contributed by atoms with E-state index in [0.717, 1.165) is 25.9 Å². The molecular formula is C20H28F3N3O3. The number of benzene rings is 1. The third-order valence-corrected chi connectivity index (χ3v) is 4.80. The molecule has 6 nitrogen and oxygen atoms in total.